The SMILES string of the molecule is CC(C)CC(N[C@@H](Cc1c[nH]cn1)C(=O)Nc1ccc(N=O)cc1)C(=O)O. The first kappa shape index (κ1) is 20.2. The lowest BCUT2D eigenvalue weighted by atomic mass is 10.0. The molecule has 0 fully saturated rings. The fraction of sp³-hybridized carbons (Fsp3) is 0.389. The Labute approximate surface area is 156 Å². The van der Waals surface area contributed by atoms with Gasteiger partial charge in [-0.05, 0) is 41.8 Å². The average molecular weight is 373 g/mol. The van der Waals surface area contributed by atoms with Crippen LogP contribution >= 0.6 is 0 Å². The third-order valence-corrected chi connectivity index (χ3v) is 3.93. The van der Waals surface area contributed by atoms with Crippen LogP contribution in [0.15, 0.2) is 42.0 Å². The van der Waals surface area contributed by atoms with Crippen molar-refractivity contribution < 1.29 is 14.7 Å². The summed E-state index contributed by atoms with van der Waals surface area (Å²) < 4.78 is 0. The van der Waals surface area contributed by atoms with E-state index in [1.807, 2.05) is 13.8 Å². The van der Waals surface area contributed by atoms with Crippen LogP contribution in [0.2, 0.25) is 0 Å². The second-order valence-corrected chi connectivity index (χ2v) is 6.63. The van der Waals surface area contributed by atoms with Crippen LogP contribution in [0.25, 0.3) is 0 Å². The fourth-order valence-electron chi connectivity index (χ4n) is 2.63. The molecule has 0 bridgehead atoms. The number of nitrogens with one attached hydrogen (secondary N) is 3. The van der Waals surface area contributed by atoms with E-state index < -0.39 is 18.1 Å². The highest BCUT2D eigenvalue weighted by Crippen LogP contribution is 2.16. The molecular formula is C18H23N5O4. The number of carbonyl (C=O) groups is 2. The molecule has 0 aliphatic rings. The predicted octanol–water partition coefficient (Wildman–Crippen LogP) is 2.45. The second-order valence-electron chi connectivity index (χ2n) is 6.63. The van der Waals surface area contributed by atoms with Gasteiger partial charge in [0.05, 0.1) is 18.1 Å². The number of rotatable bonds is 10. The number of carboxylic acids is 1. The summed E-state index contributed by atoms with van der Waals surface area (Å²) in [7, 11) is 0. The smallest absolute Gasteiger partial charge is 0.320 e. The normalized spacial score (nSPS) is 13.1. The molecule has 144 valence electrons. The van der Waals surface area contributed by atoms with Crippen molar-refractivity contribution in [3.63, 3.8) is 0 Å². The van der Waals surface area contributed by atoms with Gasteiger partial charge in [-0.3, -0.25) is 14.9 Å². The lowest BCUT2D eigenvalue weighted by Gasteiger charge is -2.23. The minimum absolute atomic E-state index is 0.149. The maximum Gasteiger partial charge on any atom is 0.320 e. The van der Waals surface area contributed by atoms with Crippen molar-refractivity contribution in [3.8, 4) is 0 Å². The summed E-state index contributed by atoms with van der Waals surface area (Å²) in [6.45, 7) is 3.84. The number of carbonyl (C=O) groups excluding carboxylic acids is 1. The number of amides is 1. The van der Waals surface area contributed by atoms with Gasteiger partial charge in [0.1, 0.15) is 11.7 Å². The van der Waals surface area contributed by atoms with Gasteiger partial charge < -0.3 is 15.4 Å². The van der Waals surface area contributed by atoms with Gasteiger partial charge in [-0.1, -0.05) is 13.8 Å². The largest absolute Gasteiger partial charge is 0.480 e. The minimum atomic E-state index is -1.01. The fourth-order valence-corrected chi connectivity index (χ4v) is 2.63. The highest BCUT2D eigenvalue weighted by Gasteiger charge is 2.27. The highest BCUT2D eigenvalue weighted by atomic mass is 16.4. The third-order valence-electron chi connectivity index (χ3n) is 3.93. The number of nitrogens with zero attached hydrogens (tertiary/aromatic N) is 2. The topological polar surface area (TPSA) is 137 Å². The zero-order chi connectivity index (χ0) is 19.8. The van der Waals surface area contributed by atoms with Crippen molar-refractivity contribution in [2.75, 3.05) is 5.32 Å². The van der Waals surface area contributed by atoms with Crippen LogP contribution in [-0.4, -0.2) is 39.0 Å². The summed E-state index contributed by atoms with van der Waals surface area (Å²) in [6, 6.07) is 4.43. The number of aromatic nitrogens is 2. The molecule has 2 rings (SSSR count). The Morgan fingerprint density at radius 1 is 1.22 bits per heavy atom. The molecule has 4 N–H and O–H groups in total. The molecule has 0 aliphatic heterocycles. The van der Waals surface area contributed by atoms with Crippen LogP contribution in [0, 0.1) is 10.8 Å². The molecule has 0 saturated heterocycles. The molecular weight excluding hydrogens is 350 g/mol. The number of anilines is 1. The first-order valence-electron chi connectivity index (χ1n) is 8.59. The monoisotopic (exact) mass is 373 g/mol. The number of aliphatic carboxylic acids is 1. The number of benzene rings is 1. The van der Waals surface area contributed by atoms with E-state index in [9.17, 15) is 19.6 Å². The summed E-state index contributed by atoms with van der Waals surface area (Å²) in [6.07, 6.45) is 3.77. The Morgan fingerprint density at radius 3 is 2.44 bits per heavy atom. The lowest BCUT2D eigenvalue weighted by Crippen LogP contribution is -2.50. The lowest BCUT2D eigenvalue weighted by molar-refractivity contribution is -0.140. The van der Waals surface area contributed by atoms with Gasteiger partial charge in [-0.15, -0.1) is 4.91 Å². The van der Waals surface area contributed by atoms with Crippen molar-refractivity contribution in [2.45, 2.75) is 38.8 Å². The molecule has 0 aliphatic carbocycles. The van der Waals surface area contributed by atoms with E-state index in [4.69, 9.17) is 0 Å². The molecule has 27 heavy (non-hydrogen) atoms. The van der Waals surface area contributed by atoms with Crippen LogP contribution in [0.1, 0.15) is 26.0 Å². The zero-order valence-corrected chi connectivity index (χ0v) is 15.2. The summed E-state index contributed by atoms with van der Waals surface area (Å²) >= 11 is 0. The molecule has 0 radical (unpaired) electrons. The van der Waals surface area contributed by atoms with Gasteiger partial charge >= 0.3 is 5.97 Å². The number of imidazole rings is 1. The molecule has 0 saturated carbocycles. The number of hydrogen-bond acceptors (Lipinski definition) is 6. The predicted molar refractivity (Wildman–Crippen MR) is 101 cm³/mol. The summed E-state index contributed by atoms with van der Waals surface area (Å²) in [5.41, 5.74) is 1.37. The Kier molecular flexibility index (Phi) is 7.18. The molecule has 9 heteroatoms. The Bertz CT molecular complexity index is 759. The van der Waals surface area contributed by atoms with Crippen molar-refractivity contribution >= 4 is 23.3 Å². The Hall–Kier alpha value is -3.07. The zero-order valence-electron chi connectivity index (χ0n) is 15.2. The minimum Gasteiger partial charge on any atom is -0.480 e. The molecule has 1 heterocycles. The number of H-pyrrole nitrogens is 1. The van der Waals surface area contributed by atoms with Crippen molar-refractivity contribution in [2.24, 2.45) is 11.1 Å². The molecule has 2 atom stereocenters. The van der Waals surface area contributed by atoms with Crippen molar-refractivity contribution in [1.82, 2.24) is 15.3 Å². The van der Waals surface area contributed by atoms with E-state index in [2.05, 4.69) is 25.8 Å². The maximum absolute atomic E-state index is 12.7. The number of carboxylic acid groups (broad SMARTS) is 1. The van der Waals surface area contributed by atoms with Crippen LogP contribution in [0.4, 0.5) is 11.4 Å². The highest BCUT2D eigenvalue weighted by molar-refractivity contribution is 5.95. The van der Waals surface area contributed by atoms with E-state index in [-0.39, 0.29) is 23.9 Å². The summed E-state index contributed by atoms with van der Waals surface area (Å²) in [5, 5.41) is 17.9. The molecule has 2 aromatic rings. The molecule has 1 aromatic carbocycles. The first-order chi connectivity index (χ1) is 12.9. The van der Waals surface area contributed by atoms with Crippen LogP contribution in [0.3, 0.4) is 0 Å². The van der Waals surface area contributed by atoms with Crippen LogP contribution < -0.4 is 10.6 Å². The molecule has 1 amide bonds. The Balaban J connectivity index is 2.15. The standard InChI is InChI=1S/C18H23N5O4/c1-11(2)7-16(18(25)26)22-15(8-14-9-19-10-20-14)17(24)21-12-3-5-13(23-27)6-4-12/h3-6,9-11,15-16,22H,7-8H2,1-2H3,(H,19,20)(H,21,24)(H,25,26)/t15-,16?/m0/s1. The number of nitroso groups, excluding NO2 is 1. The average Bonchev–Trinajstić information content (AvgIpc) is 3.13. The van der Waals surface area contributed by atoms with Crippen LogP contribution in [0.5, 0.6) is 0 Å². The quantitative estimate of drug-likeness (QED) is 0.472. The molecule has 9 nitrogen and oxygen atoms in total. The van der Waals surface area contributed by atoms with Crippen molar-refractivity contribution in [1.29, 1.82) is 0 Å². The van der Waals surface area contributed by atoms with Crippen LogP contribution in [-0.2, 0) is 16.0 Å². The summed E-state index contributed by atoms with van der Waals surface area (Å²) in [5.74, 6) is -1.25. The van der Waals surface area contributed by atoms with E-state index in [0.717, 1.165) is 0 Å². The third kappa shape index (κ3) is 6.30. The number of hydrogen-bond donors (Lipinski definition) is 4. The van der Waals surface area contributed by atoms with Gasteiger partial charge in [0, 0.05) is 18.3 Å². The number of aromatic amines is 1. The van der Waals surface area contributed by atoms with E-state index in [1.54, 1.807) is 18.3 Å². The van der Waals surface area contributed by atoms with Gasteiger partial charge in [-0.25, -0.2) is 4.98 Å². The van der Waals surface area contributed by atoms with Gasteiger partial charge in [0.2, 0.25) is 5.91 Å². The van der Waals surface area contributed by atoms with Crippen molar-refractivity contribution in [3.05, 3.63) is 47.4 Å². The van der Waals surface area contributed by atoms with E-state index in [0.29, 0.717) is 17.8 Å². The second kappa shape index (κ2) is 9.58. The molecule has 1 unspecified atom stereocenters. The van der Waals surface area contributed by atoms with Gasteiger partial charge in [0.25, 0.3) is 0 Å². The molecule has 1 aromatic heterocycles. The van der Waals surface area contributed by atoms with E-state index >= 15 is 0 Å². The molecule has 0 spiro atoms. The first-order valence-corrected chi connectivity index (χ1v) is 8.59. The van der Waals surface area contributed by atoms with Gasteiger partial charge in [-0.2, -0.15) is 0 Å². The Morgan fingerprint density at radius 2 is 1.93 bits per heavy atom. The maximum atomic E-state index is 12.7. The van der Waals surface area contributed by atoms with Gasteiger partial charge in [0.15, 0.2) is 0 Å². The summed E-state index contributed by atoms with van der Waals surface area (Å²) in [4.78, 5) is 41.7. The van der Waals surface area contributed by atoms with E-state index in [1.165, 1.54) is 18.5 Å².